The van der Waals surface area contributed by atoms with E-state index in [0.717, 1.165) is 38.1 Å². The lowest BCUT2D eigenvalue weighted by Gasteiger charge is -2.09. The van der Waals surface area contributed by atoms with Crippen molar-refractivity contribution in [2.75, 3.05) is 13.2 Å². The SMILES string of the molecule is O=C(O)Cn1nc(C2CC2)nc1COCC1CCCO1. The number of carboxylic acid groups (broad SMARTS) is 1. The van der Waals surface area contributed by atoms with E-state index < -0.39 is 5.97 Å². The van der Waals surface area contributed by atoms with Crippen molar-refractivity contribution in [1.82, 2.24) is 14.8 Å². The third-order valence-corrected chi connectivity index (χ3v) is 3.55. The lowest BCUT2D eigenvalue weighted by molar-refractivity contribution is -0.138. The first-order valence-electron chi connectivity index (χ1n) is 7.07. The molecule has 1 N–H and O–H groups in total. The maximum atomic E-state index is 10.8. The van der Waals surface area contributed by atoms with Gasteiger partial charge >= 0.3 is 5.97 Å². The molecule has 0 amide bonds. The van der Waals surface area contributed by atoms with Gasteiger partial charge in [-0.05, 0) is 25.7 Å². The molecule has 0 radical (unpaired) electrons. The number of carboxylic acids is 1. The quantitative estimate of drug-likeness (QED) is 0.800. The van der Waals surface area contributed by atoms with E-state index in [4.69, 9.17) is 14.6 Å². The Kier molecular flexibility index (Phi) is 3.98. The molecule has 1 aromatic rings. The van der Waals surface area contributed by atoms with E-state index in [1.54, 1.807) is 0 Å². The summed E-state index contributed by atoms with van der Waals surface area (Å²) in [6.07, 6.45) is 4.44. The summed E-state index contributed by atoms with van der Waals surface area (Å²) in [7, 11) is 0. The molecule has 1 aliphatic heterocycles. The van der Waals surface area contributed by atoms with Crippen LogP contribution in [0.4, 0.5) is 0 Å². The van der Waals surface area contributed by atoms with Crippen LogP contribution < -0.4 is 0 Å². The van der Waals surface area contributed by atoms with E-state index in [1.807, 2.05) is 0 Å². The number of aromatic nitrogens is 3. The Morgan fingerprint density at radius 2 is 2.30 bits per heavy atom. The first-order chi connectivity index (χ1) is 9.72. The molecule has 7 nitrogen and oxygen atoms in total. The van der Waals surface area contributed by atoms with Gasteiger partial charge in [-0.2, -0.15) is 5.10 Å². The molecule has 1 unspecified atom stereocenters. The Morgan fingerprint density at radius 3 is 2.95 bits per heavy atom. The highest BCUT2D eigenvalue weighted by Gasteiger charge is 2.29. The number of carbonyl (C=O) groups is 1. The highest BCUT2D eigenvalue weighted by Crippen LogP contribution is 2.38. The smallest absolute Gasteiger partial charge is 0.325 e. The summed E-state index contributed by atoms with van der Waals surface area (Å²) in [5.74, 6) is 0.828. The summed E-state index contributed by atoms with van der Waals surface area (Å²) < 4.78 is 12.5. The number of rotatable bonds is 7. The second kappa shape index (κ2) is 5.88. The molecule has 2 heterocycles. The molecule has 0 bridgehead atoms. The van der Waals surface area contributed by atoms with Crippen LogP contribution in [0, 0.1) is 0 Å². The molecule has 3 rings (SSSR count). The molecule has 7 heteroatoms. The molecule has 2 fully saturated rings. The molecule has 110 valence electrons. The van der Waals surface area contributed by atoms with Crippen LogP contribution in [-0.4, -0.2) is 45.2 Å². The fourth-order valence-electron chi connectivity index (χ4n) is 2.33. The summed E-state index contributed by atoms with van der Waals surface area (Å²) in [5, 5.41) is 13.2. The number of ether oxygens (including phenoxy) is 2. The highest BCUT2D eigenvalue weighted by molar-refractivity contribution is 5.66. The van der Waals surface area contributed by atoms with Crippen LogP contribution >= 0.6 is 0 Å². The van der Waals surface area contributed by atoms with Gasteiger partial charge in [-0.3, -0.25) is 4.79 Å². The Hall–Kier alpha value is -1.47. The van der Waals surface area contributed by atoms with E-state index in [1.165, 1.54) is 4.68 Å². The van der Waals surface area contributed by atoms with Gasteiger partial charge in [0.15, 0.2) is 11.6 Å². The number of hydrogen-bond acceptors (Lipinski definition) is 5. The number of nitrogens with zero attached hydrogens (tertiary/aromatic N) is 3. The molecule has 1 aliphatic carbocycles. The molecule has 1 saturated heterocycles. The minimum Gasteiger partial charge on any atom is -0.480 e. The lowest BCUT2D eigenvalue weighted by atomic mass is 10.2. The van der Waals surface area contributed by atoms with Crippen LogP contribution in [0.1, 0.15) is 43.3 Å². The molecule has 1 atom stereocenters. The Balaban J connectivity index is 1.59. The Bertz CT molecular complexity index is 478. The van der Waals surface area contributed by atoms with Crippen molar-refractivity contribution in [3.63, 3.8) is 0 Å². The van der Waals surface area contributed by atoms with Gasteiger partial charge in [0, 0.05) is 12.5 Å². The van der Waals surface area contributed by atoms with Crippen LogP contribution in [0.3, 0.4) is 0 Å². The van der Waals surface area contributed by atoms with Crippen LogP contribution in [0.5, 0.6) is 0 Å². The van der Waals surface area contributed by atoms with E-state index in [9.17, 15) is 4.79 Å². The number of hydrogen-bond donors (Lipinski definition) is 1. The summed E-state index contributed by atoms with van der Waals surface area (Å²) in [6.45, 7) is 1.44. The molecule has 0 spiro atoms. The first-order valence-corrected chi connectivity index (χ1v) is 7.07. The average molecular weight is 281 g/mol. The predicted molar refractivity (Wildman–Crippen MR) is 68.3 cm³/mol. The Labute approximate surface area is 116 Å². The van der Waals surface area contributed by atoms with Gasteiger partial charge in [0.1, 0.15) is 13.2 Å². The van der Waals surface area contributed by atoms with Gasteiger partial charge in [-0.15, -0.1) is 0 Å². The summed E-state index contributed by atoms with van der Waals surface area (Å²) in [5.41, 5.74) is 0. The van der Waals surface area contributed by atoms with E-state index >= 15 is 0 Å². The predicted octanol–water partition coefficient (Wildman–Crippen LogP) is 0.936. The van der Waals surface area contributed by atoms with Crippen molar-refractivity contribution >= 4 is 5.97 Å². The van der Waals surface area contributed by atoms with Crippen molar-refractivity contribution in [1.29, 1.82) is 0 Å². The van der Waals surface area contributed by atoms with Gasteiger partial charge in [-0.1, -0.05) is 0 Å². The zero-order chi connectivity index (χ0) is 13.9. The lowest BCUT2D eigenvalue weighted by Crippen LogP contribution is -2.17. The summed E-state index contributed by atoms with van der Waals surface area (Å²) >= 11 is 0. The normalized spacial score (nSPS) is 22.3. The van der Waals surface area contributed by atoms with Crippen LogP contribution in [0.2, 0.25) is 0 Å². The third-order valence-electron chi connectivity index (χ3n) is 3.55. The molecule has 0 aromatic carbocycles. The average Bonchev–Trinajstić information content (AvgIpc) is 2.99. The molecule has 20 heavy (non-hydrogen) atoms. The summed E-state index contributed by atoms with van der Waals surface area (Å²) in [4.78, 5) is 15.3. The largest absolute Gasteiger partial charge is 0.480 e. The van der Waals surface area contributed by atoms with Gasteiger partial charge in [0.2, 0.25) is 0 Å². The van der Waals surface area contributed by atoms with Gasteiger partial charge in [-0.25, -0.2) is 9.67 Å². The highest BCUT2D eigenvalue weighted by atomic mass is 16.5. The van der Waals surface area contributed by atoms with E-state index in [-0.39, 0.29) is 19.3 Å². The van der Waals surface area contributed by atoms with Crippen LogP contribution in [0.25, 0.3) is 0 Å². The standard InChI is InChI=1S/C13H19N3O4/c17-12(18)6-16-11(14-13(15-16)9-3-4-9)8-19-7-10-2-1-5-20-10/h9-10H,1-8H2,(H,17,18). The van der Waals surface area contributed by atoms with Crippen molar-refractivity contribution in [3.05, 3.63) is 11.6 Å². The Morgan fingerprint density at radius 1 is 1.45 bits per heavy atom. The molecule has 2 aliphatic rings. The van der Waals surface area contributed by atoms with Gasteiger partial charge < -0.3 is 14.6 Å². The maximum Gasteiger partial charge on any atom is 0.325 e. The van der Waals surface area contributed by atoms with Crippen molar-refractivity contribution in [2.45, 2.75) is 50.9 Å². The fourth-order valence-corrected chi connectivity index (χ4v) is 2.33. The topological polar surface area (TPSA) is 86.5 Å². The molecule has 1 saturated carbocycles. The molecular weight excluding hydrogens is 262 g/mol. The van der Waals surface area contributed by atoms with Crippen molar-refractivity contribution in [2.24, 2.45) is 0 Å². The van der Waals surface area contributed by atoms with Crippen LogP contribution in [-0.2, 0) is 27.4 Å². The second-order valence-electron chi connectivity index (χ2n) is 5.36. The van der Waals surface area contributed by atoms with E-state index in [2.05, 4.69) is 10.1 Å². The number of aliphatic carboxylic acids is 1. The van der Waals surface area contributed by atoms with Crippen LogP contribution in [0.15, 0.2) is 0 Å². The minimum absolute atomic E-state index is 0.161. The third kappa shape index (κ3) is 3.34. The maximum absolute atomic E-state index is 10.8. The zero-order valence-corrected chi connectivity index (χ0v) is 11.3. The van der Waals surface area contributed by atoms with Crippen molar-refractivity contribution < 1.29 is 19.4 Å². The summed E-state index contributed by atoms with van der Waals surface area (Å²) in [6, 6.07) is 0. The van der Waals surface area contributed by atoms with Gasteiger partial charge in [0.25, 0.3) is 0 Å². The van der Waals surface area contributed by atoms with Crippen molar-refractivity contribution in [3.8, 4) is 0 Å². The fraction of sp³-hybridized carbons (Fsp3) is 0.769. The second-order valence-corrected chi connectivity index (χ2v) is 5.36. The monoisotopic (exact) mass is 281 g/mol. The van der Waals surface area contributed by atoms with Gasteiger partial charge in [0.05, 0.1) is 12.7 Å². The minimum atomic E-state index is -0.919. The zero-order valence-electron chi connectivity index (χ0n) is 11.3. The van der Waals surface area contributed by atoms with E-state index in [0.29, 0.717) is 18.3 Å². The molecular formula is C13H19N3O4. The molecule has 1 aromatic heterocycles. The first kappa shape index (κ1) is 13.5.